The fourth-order valence-corrected chi connectivity index (χ4v) is 1.92. The second-order valence-electron chi connectivity index (χ2n) is 4.55. The average molecular weight is 268 g/mol. The van der Waals surface area contributed by atoms with Crippen LogP contribution in [0, 0.1) is 0 Å². The molecule has 0 aromatic rings. The molecule has 1 aliphatic rings. The Hall–Kier alpha value is -0.820. The summed E-state index contributed by atoms with van der Waals surface area (Å²) < 4.78 is 41.0. The third-order valence-corrected chi connectivity index (χ3v) is 2.86. The van der Waals surface area contributed by atoms with Crippen LogP contribution in [0.3, 0.4) is 0 Å². The normalized spacial score (nSPS) is 24.9. The van der Waals surface area contributed by atoms with Gasteiger partial charge in [-0.25, -0.2) is 0 Å². The summed E-state index contributed by atoms with van der Waals surface area (Å²) in [7, 11) is 0. The van der Waals surface area contributed by atoms with E-state index in [2.05, 4.69) is 5.32 Å². The lowest BCUT2D eigenvalue weighted by atomic mass is 9.94. The van der Waals surface area contributed by atoms with E-state index in [0.29, 0.717) is 0 Å². The zero-order chi connectivity index (χ0) is 13.6. The molecule has 18 heavy (non-hydrogen) atoms. The van der Waals surface area contributed by atoms with Gasteiger partial charge in [0.25, 0.3) is 0 Å². The van der Waals surface area contributed by atoms with E-state index >= 15 is 0 Å². The van der Waals surface area contributed by atoms with Crippen LogP contribution in [0.25, 0.3) is 0 Å². The van der Waals surface area contributed by atoms with E-state index in [1.54, 1.807) is 0 Å². The van der Waals surface area contributed by atoms with Crippen LogP contribution in [-0.2, 0) is 9.53 Å². The largest absolute Gasteiger partial charge is 0.397 e. The van der Waals surface area contributed by atoms with Crippen LogP contribution in [0.5, 0.6) is 0 Å². The average Bonchev–Trinajstić information content (AvgIpc) is 2.24. The Bertz CT molecular complexity index is 264. The monoisotopic (exact) mass is 268 g/mol. The van der Waals surface area contributed by atoms with E-state index in [1.807, 2.05) is 0 Å². The lowest BCUT2D eigenvalue weighted by Gasteiger charge is -2.26. The van der Waals surface area contributed by atoms with E-state index in [4.69, 9.17) is 10.5 Å². The van der Waals surface area contributed by atoms with Crippen LogP contribution in [0.15, 0.2) is 0 Å². The fraction of sp³-hybridized carbons (Fsp3) is 0.909. The molecule has 1 aliphatic carbocycles. The molecule has 0 radical (unpaired) electrons. The molecule has 1 amide bonds. The maximum Gasteiger partial charge on any atom is 0.397 e. The van der Waals surface area contributed by atoms with Crippen molar-refractivity contribution in [1.29, 1.82) is 0 Å². The number of ether oxygens (including phenoxy) is 1. The van der Waals surface area contributed by atoms with Gasteiger partial charge in [-0.2, -0.15) is 13.2 Å². The summed E-state index contributed by atoms with van der Waals surface area (Å²) in [5, 5.41) is 2.18. The number of hydrogen-bond donors (Lipinski definition) is 2. The molecule has 0 aliphatic heterocycles. The van der Waals surface area contributed by atoms with Crippen molar-refractivity contribution in [2.45, 2.75) is 50.4 Å². The van der Waals surface area contributed by atoms with Gasteiger partial charge in [0.1, 0.15) is 6.42 Å². The smallest absolute Gasteiger partial charge is 0.376 e. The van der Waals surface area contributed by atoms with Crippen LogP contribution in [0.1, 0.15) is 32.1 Å². The van der Waals surface area contributed by atoms with Gasteiger partial charge >= 0.3 is 6.18 Å². The Morgan fingerprint density at radius 2 is 1.89 bits per heavy atom. The molecule has 0 aromatic heterocycles. The molecule has 4 nitrogen and oxygen atoms in total. The summed E-state index contributed by atoms with van der Waals surface area (Å²) in [5.41, 5.74) is 5.73. The topological polar surface area (TPSA) is 64.3 Å². The van der Waals surface area contributed by atoms with Crippen LogP contribution in [0.2, 0.25) is 0 Å². The Kier molecular flexibility index (Phi) is 5.87. The molecule has 7 heteroatoms. The van der Waals surface area contributed by atoms with Crippen molar-refractivity contribution >= 4 is 5.91 Å². The highest BCUT2D eigenvalue weighted by molar-refractivity contribution is 5.76. The van der Waals surface area contributed by atoms with Crippen LogP contribution in [0.4, 0.5) is 13.2 Å². The highest BCUT2D eigenvalue weighted by Crippen LogP contribution is 2.20. The molecule has 0 heterocycles. The highest BCUT2D eigenvalue weighted by atomic mass is 19.4. The minimum atomic E-state index is -4.45. The molecule has 0 atom stereocenters. The minimum Gasteiger partial charge on any atom is -0.376 e. The maximum atomic E-state index is 11.8. The van der Waals surface area contributed by atoms with E-state index in [-0.39, 0.29) is 25.3 Å². The van der Waals surface area contributed by atoms with Crippen molar-refractivity contribution in [2.75, 3.05) is 13.2 Å². The molecule has 0 spiro atoms. The van der Waals surface area contributed by atoms with Crippen molar-refractivity contribution in [2.24, 2.45) is 5.73 Å². The third kappa shape index (κ3) is 6.80. The Labute approximate surface area is 104 Å². The van der Waals surface area contributed by atoms with Gasteiger partial charge in [-0.3, -0.25) is 4.79 Å². The molecular formula is C11H19F3N2O2. The number of nitrogens with two attached hydrogens (primary N) is 1. The summed E-state index contributed by atoms with van der Waals surface area (Å²) >= 11 is 0. The molecule has 1 fully saturated rings. The number of carbonyl (C=O) groups excluding carboxylic acids is 1. The first kappa shape index (κ1) is 15.2. The zero-order valence-electron chi connectivity index (χ0n) is 10.1. The summed E-state index contributed by atoms with van der Waals surface area (Å²) in [4.78, 5) is 10.8. The van der Waals surface area contributed by atoms with E-state index in [0.717, 1.165) is 25.7 Å². The first-order valence-electron chi connectivity index (χ1n) is 6.07. The van der Waals surface area contributed by atoms with E-state index in [1.165, 1.54) is 0 Å². The van der Waals surface area contributed by atoms with Crippen LogP contribution < -0.4 is 11.1 Å². The predicted molar refractivity (Wildman–Crippen MR) is 59.9 cm³/mol. The van der Waals surface area contributed by atoms with Gasteiger partial charge in [-0.15, -0.1) is 0 Å². The first-order chi connectivity index (χ1) is 8.37. The number of alkyl halides is 3. The minimum absolute atomic E-state index is 0.109. The van der Waals surface area contributed by atoms with Gasteiger partial charge in [-0.05, 0) is 25.7 Å². The van der Waals surface area contributed by atoms with Gasteiger partial charge in [0.05, 0.1) is 12.7 Å². The molecule has 1 rings (SSSR count). The van der Waals surface area contributed by atoms with E-state index in [9.17, 15) is 18.0 Å². The summed E-state index contributed by atoms with van der Waals surface area (Å²) in [6, 6.07) is 0.233. The SMILES string of the molecule is NC1CCC(OCCNC(=O)CC(F)(F)F)CC1. The van der Waals surface area contributed by atoms with Crippen molar-refractivity contribution < 1.29 is 22.7 Å². The number of halogens is 3. The predicted octanol–water partition coefficient (Wildman–Crippen LogP) is 1.34. The van der Waals surface area contributed by atoms with Crippen LogP contribution >= 0.6 is 0 Å². The van der Waals surface area contributed by atoms with Crippen molar-refractivity contribution in [3.05, 3.63) is 0 Å². The lowest BCUT2D eigenvalue weighted by molar-refractivity contribution is -0.153. The quantitative estimate of drug-likeness (QED) is 0.740. The fourth-order valence-electron chi connectivity index (χ4n) is 1.92. The second kappa shape index (κ2) is 6.94. The highest BCUT2D eigenvalue weighted by Gasteiger charge is 2.30. The lowest BCUT2D eigenvalue weighted by Crippen LogP contribution is -2.34. The molecule has 106 valence electrons. The van der Waals surface area contributed by atoms with Crippen molar-refractivity contribution in [3.63, 3.8) is 0 Å². The Morgan fingerprint density at radius 3 is 2.44 bits per heavy atom. The van der Waals surface area contributed by atoms with Gasteiger partial charge in [0.2, 0.25) is 5.91 Å². The number of nitrogens with one attached hydrogen (secondary N) is 1. The first-order valence-corrected chi connectivity index (χ1v) is 6.07. The number of hydrogen-bond acceptors (Lipinski definition) is 3. The van der Waals surface area contributed by atoms with Gasteiger partial charge in [0.15, 0.2) is 0 Å². The van der Waals surface area contributed by atoms with Crippen molar-refractivity contribution in [1.82, 2.24) is 5.32 Å². The number of amides is 1. The maximum absolute atomic E-state index is 11.8. The molecular weight excluding hydrogens is 249 g/mol. The van der Waals surface area contributed by atoms with E-state index < -0.39 is 18.5 Å². The second-order valence-corrected chi connectivity index (χ2v) is 4.55. The Morgan fingerprint density at radius 1 is 1.28 bits per heavy atom. The molecule has 3 N–H and O–H groups in total. The van der Waals surface area contributed by atoms with Crippen molar-refractivity contribution in [3.8, 4) is 0 Å². The number of carbonyl (C=O) groups is 1. The molecule has 0 bridgehead atoms. The molecule has 1 saturated carbocycles. The van der Waals surface area contributed by atoms with Gasteiger partial charge < -0.3 is 15.8 Å². The summed E-state index contributed by atoms with van der Waals surface area (Å²) in [5.74, 6) is -1.02. The van der Waals surface area contributed by atoms with Gasteiger partial charge in [-0.1, -0.05) is 0 Å². The number of rotatable bonds is 5. The summed E-state index contributed by atoms with van der Waals surface area (Å²) in [6.07, 6.45) is -2.22. The molecule has 0 aromatic carbocycles. The third-order valence-electron chi connectivity index (χ3n) is 2.86. The standard InChI is InChI=1S/C11H19F3N2O2/c12-11(13,14)7-10(17)16-5-6-18-9-3-1-8(15)2-4-9/h8-9H,1-7,15H2,(H,16,17). The Balaban J connectivity index is 2.03. The molecule has 0 saturated heterocycles. The van der Waals surface area contributed by atoms with Crippen LogP contribution in [-0.4, -0.2) is 37.4 Å². The molecule has 0 unspecified atom stereocenters. The zero-order valence-corrected chi connectivity index (χ0v) is 10.1. The van der Waals surface area contributed by atoms with Gasteiger partial charge in [0, 0.05) is 12.6 Å². The summed E-state index contributed by atoms with van der Waals surface area (Å²) in [6.45, 7) is 0.348.